The molecule has 0 radical (unpaired) electrons. The minimum Gasteiger partial charge on any atom is -0.306 e. The third-order valence-corrected chi connectivity index (χ3v) is 7.10. The first kappa shape index (κ1) is 33.1. The predicted octanol–water partition coefficient (Wildman–Crippen LogP) is 10.5. The van der Waals surface area contributed by atoms with E-state index in [2.05, 4.69) is 41.8 Å². The number of rotatable bonds is 24. The maximum absolute atomic E-state index is 3.57. The van der Waals surface area contributed by atoms with Gasteiger partial charge in [0.05, 0.1) is 0 Å². The Kier molecular flexibility index (Phi) is 30.8. The zero-order chi connectivity index (χ0) is 21.4. The van der Waals surface area contributed by atoms with Crippen molar-refractivity contribution in [2.24, 2.45) is 0 Å². The van der Waals surface area contributed by atoms with Gasteiger partial charge in [-0.15, -0.1) is 17.0 Å². The van der Waals surface area contributed by atoms with E-state index < -0.39 is 0 Å². The average Bonchev–Trinajstić information content (AvgIpc) is 2.71. The molecular formula is C27H57Br2N. The summed E-state index contributed by atoms with van der Waals surface area (Å²) in [5.74, 6) is 0. The van der Waals surface area contributed by atoms with Crippen molar-refractivity contribution in [3.05, 3.63) is 0 Å². The van der Waals surface area contributed by atoms with Crippen LogP contribution in [0.4, 0.5) is 0 Å². The van der Waals surface area contributed by atoms with Crippen LogP contribution in [0.5, 0.6) is 0 Å². The van der Waals surface area contributed by atoms with Crippen LogP contribution in [0.3, 0.4) is 0 Å². The van der Waals surface area contributed by atoms with Crippen molar-refractivity contribution in [3.8, 4) is 0 Å². The zero-order valence-corrected chi connectivity index (χ0v) is 24.4. The van der Waals surface area contributed by atoms with Gasteiger partial charge in [-0.05, 0) is 33.4 Å². The Morgan fingerprint density at radius 1 is 0.500 bits per heavy atom. The van der Waals surface area contributed by atoms with Gasteiger partial charge in [0.2, 0.25) is 0 Å². The molecule has 0 heterocycles. The van der Waals surface area contributed by atoms with Crippen LogP contribution in [0, 0.1) is 0 Å². The van der Waals surface area contributed by atoms with Gasteiger partial charge < -0.3 is 4.90 Å². The lowest BCUT2D eigenvalue weighted by Crippen LogP contribution is -2.27. The summed E-state index contributed by atoms with van der Waals surface area (Å²) in [6.45, 7) is 2.30. The van der Waals surface area contributed by atoms with Crippen LogP contribution in [-0.2, 0) is 0 Å². The van der Waals surface area contributed by atoms with Crippen LogP contribution < -0.4 is 0 Å². The normalized spacial score (nSPS) is 12.3. The van der Waals surface area contributed by atoms with Crippen molar-refractivity contribution >= 4 is 32.9 Å². The highest BCUT2D eigenvalue weighted by molar-refractivity contribution is 9.09. The van der Waals surface area contributed by atoms with Crippen LogP contribution >= 0.6 is 32.9 Å². The monoisotopic (exact) mass is 553 g/mol. The quantitative estimate of drug-likeness (QED) is 0.0846. The first-order chi connectivity index (χ1) is 14.2. The van der Waals surface area contributed by atoms with Gasteiger partial charge in [0.15, 0.2) is 0 Å². The summed E-state index contributed by atoms with van der Waals surface area (Å²) in [6, 6.07) is 0.790. The molecule has 0 spiro atoms. The molecule has 30 heavy (non-hydrogen) atoms. The highest BCUT2D eigenvalue weighted by Crippen LogP contribution is 2.17. The van der Waals surface area contributed by atoms with E-state index in [0.29, 0.717) is 0 Å². The summed E-state index contributed by atoms with van der Waals surface area (Å²) in [4.78, 5) is 2.43. The molecule has 0 N–H and O–H groups in total. The Bertz CT molecular complexity index is 297. The molecule has 1 atom stereocenters. The molecule has 1 unspecified atom stereocenters. The summed E-state index contributed by atoms with van der Waals surface area (Å²) in [5, 5.41) is 1.15. The third-order valence-electron chi connectivity index (χ3n) is 6.54. The Balaban J connectivity index is 0. The molecule has 0 rings (SSSR count). The number of unbranched alkanes of at least 4 members (excludes halogenated alkanes) is 18. The van der Waals surface area contributed by atoms with Crippen LogP contribution in [0.2, 0.25) is 0 Å². The van der Waals surface area contributed by atoms with Crippen LogP contribution in [0.25, 0.3) is 0 Å². The van der Waals surface area contributed by atoms with E-state index in [4.69, 9.17) is 0 Å². The summed E-state index contributed by atoms with van der Waals surface area (Å²) < 4.78 is 0. The number of alkyl halides is 1. The summed E-state index contributed by atoms with van der Waals surface area (Å²) in [6.07, 6.45) is 31.9. The molecule has 0 aliphatic carbocycles. The summed E-state index contributed by atoms with van der Waals surface area (Å²) in [7, 11) is 4.49. The second-order valence-electron chi connectivity index (χ2n) is 9.60. The van der Waals surface area contributed by atoms with E-state index in [1.165, 1.54) is 141 Å². The fourth-order valence-electron chi connectivity index (χ4n) is 4.43. The van der Waals surface area contributed by atoms with Crippen LogP contribution in [0.15, 0.2) is 0 Å². The number of hydrogen-bond acceptors (Lipinski definition) is 1. The Labute approximate surface area is 210 Å². The molecule has 0 aliphatic rings. The van der Waals surface area contributed by atoms with Crippen molar-refractivity contribution < 1.29 is 0 Å². The number of hydrogen-bond donors (Lipinski definition) is 0. The molecule has 0 saturated carbocycles. The lowest BCUT2D eigenvalue weighted by Gasteiger charge is -2.24. The first-order valence-corrected chi connectivity index (χ1v) is 14.6. The lowest BCUT2D eigenvalue weighted by atomic mass is 10.0. The van der Waals surface area contributed by atoms with E-state index >= 15 is 0 Å². The van der Waals surface area contributed by atoms with Gasteiger partial charge >= 0.3 is 0 Å². The second kappa shape index (κ2) is 28.0. The number of nitrogens with zero attached hydrogens (tertiary/aromatic N) is 1. The molecular weight excluding hydrogens is 498 g/mol. The van der Waals surface area contributed by atoms with Gasteiger partial charge in [-0.25, -0.2) is 0 Å². The Morgan fingerprint density at radius 3 is 1.10 bits per heavy atom. The number of halogens is 2. The molecule has 1 nitrogen and oxygen atoms in total. The average molecular weight is 556 g/mol. The highest BCUT2D eigenvalue weighted by atomic mass is 79.9. The van der Waals surface area contributed by atoms with Crippen molar-refractivity contribution in [2.75, 3.05) is 19.4 Å². The molecule has 0 aromatic heterocycles. The van der Waals surface area contributed by atoms with Gasteiger partial charge in [-0.2, -0.15) is 0 Å². The van der Waals surface area contributed by atoms with E-state index in [9.17, 15) is 0 Å². The zero-order valence-electron chi connectivity index (χ0n) is 21.1. The van der Waals surface area contributed by atoms with Crippen molar-refractivity contribution in [3.63, 3.8) is 0 Å². The van der Waals surface area contributed by atoms with Gasteiger partial charge in [0.1, 0.15) is 0 Å². The van der Waals surface area contributed by atoms with Gasteiger partial charge in [-0.1, -0.05) is 145 Å². The molecule has 0 aromatic rings. The second-order valence-corrected chi connectivity index (χ2v) is 10.4. The van der Waals surface area contributed by atoms with Gasteiger partial charge in [0, 0.05) is 11.4 Å². The summed E-state index contributed by atoms with van der Waals surface area (Å²) >= 11 is 3.57. The first-order valence-electron chi connectivity index (χ1n) is 13.4. The van der Waals surface area contributed by atoms with E-state index in [0.717, 1.165) is 11.4 Å². The van der Waals surface area contributed by atoms with E-state index in [1.54, 1.807) is 0 Å². The minimum absolute atomic E-state index is 0. The largest absolute Gasteiger partial charge is 0.306 e. The Hall–Kier alpha value is 0.920. The minimum atomic E-state index is 0. The van der Waals surface area contributed by atoms with Gasteiger partial charge in [0.25, 0.3) is 0 Å². The SMILES string of the molecule is Br.CCCCCCCCCCCCCCCCCCCCCC(CCCBr)N(C)C. The smallest absolute Gasteiger partial charge is 0.00894 e. The summed E-state index contributed by atoms with van der Waals surface area (Å²) in [5.41, 5.74) is 0. The topological polar surface area (TPSA) is 3.24 Å². The molecule has 184 valence electrons. The van der Waals surface area contributed by atoms with E-state index in [1.807, 2.05) is 0 Å². The van der Waals surface area contributed by atoms with Crippen molar-refractivity contribution in [1.82, 2.24) is 4.90 Å². The highest BCUT2D eigenvalue weighted by Gasteiger charge is 2.09. The lowest BCUT2D eigenvalue weighted by molar-refractivity contribution is 0.256. The maximum Gasteiger partial charge on any atom is 0.00894 e. The van der Waals surface area contributed by atoms with Crippen LogP contribution in [0.1, 0.15) is 148 Å². The maximum atomic E-state index is 3.57. The fraction of sp³-hybridized carbons (Fsp3) is 1.00. The van der Waals surface area contributed by atoms with Crippen molar-refractivity contribution in [2.45, 2.75) is 154 Å². The molecule has 3 heteroatoms. The Morgan fingerprint density at radius 2 is 0.800 bits per heavy atom. The third kappa shape index (κ3) is 25.2. The van der Waals surface area contributed by atoms with Crippen LogP contribution in [-0.4, -0.2) is 30.4 Å². The molecule has 0 aromatic carbocycles. The predicted molar refractivity (Wildman–Crippen MR) is 149 cm³/mol. The van der Waals surface area contributed by atoms with Crippen molar-refractivity contribution in [1.29, 1.82) is 0 Å². The standard InChI is InChI=1S/C27H56BrN.BrH/c1-4-5-6-7-8-9-10-11-12-13-14-15-16-17-18-19-20-21-22-24-27(29(2)3)25-23-26-28;/h27H,4-26H2,1-3H3;1H. The molecule has 0 amide bonds. The van der Waals surface area contributed by atoms with E-state index in [-0.39, 0.29) is 17.0 Å². The van der Waals surface area contributed by atoms with Gasteiger partial charge in [-0.3, -0.25) is 0 Å². The fourth-order valence-corrected chi connectivity index (χ4v) is 4.76. The molecule has 0 bridgehead atoms. The molecule has 0 aliphatic heterocycles. The molecule has 0 fully saturated rings. The molecule has 0 saturated heterocycles.